The second-order valence-electron chi connectivity index (χ2n) is 7.62. The molecule has 2 saturated heterocycles. The van der Waals surface area contributed by atoms with Crippen LogP contribution in [0.4, 0.5) is 4.79 Å². The number of likely N-dealkylation sites (N-methyl/N-ethyl adjacent to an activating group) is 1. The van der Waals surface area contributed by atoms with Gasteiger partial charge in [0.2, 0.25) is 5.91 Å². The summed E-state index contributed by atoms with van der Waals surface area (Å²) in [5.41, 5.74) is -0.710. The van der Waals surface area contributed by atoms with Crippen molar-refractivity contribution in [2.45, 2.75) is 44.1 Å². The lowest BCUT2D eigenvalue weighted by atomic mass is 9.81. The molecule has 1 aliphatic carbocycles. The Morgan fingerprint density at radius 2 is 1.85 bits per heavy atom. The molecule has 3 aliphatic rings. The summed E-state index contributed by atoms with van der Waals surface area (Å²) in [6.45, 7) is 5.46. The molecule has 3 fully saturated rings. The van der Waals surface area contributed by atoms with Crippen LogP contribution in [0.15, 0.2) is 0 Å². The van der Waals surface area contributed by atoms with E-state index in [0.717, 1.165) is 63.3 Å². The Kier molecular flexibility index (Phi) is 6.13. The van der Waals surface area contributed by atoms with Crippen LogP contribution in [0.2, 0.25) is 0 Å². The zero-order valence-corrected chi connectivity index (χ0v) is 15.8. The first-order valence-electron chi connectivity index (χ1n) is 9.84. The van der Waals surface area contributed by atoms with Gasteiger partial charge in [-0.3, -0.25) is 14.5 Å². The lowest BCUT2D eigenvalue weighted by Gasteiger charge is -2.35. The highest BCUT2D eigenvalue weighted by molar-refractivity contribution is 6.08. The highest BCUT2D eigenvalue weighted by atomic mass is 16.2. The summed E-state index contributed by atoms with van der Waals surface area (Å²) < 4.78 is 0. The predicted octanol–water partition coefficient (Wildman–Crippen LogP) is -0.00520. The largest absolute Gasteiger partial charge is 0.354 e. The molecule has 1 spiro atoms. The summed E-state index contributed by atoms with van der Waals surface area (Å²) in [6, 6.07) is -0.340. The van der Waals surface area contributed by atoms with Crippen LogP contribution in [0.1, 0.15) is 38.5 Å². The van der Waals surface area contributed by atoms with Gasteiger partial charge in [0, 0.05) is 39.8 Å². The fourth-order valence-electron chi connectivity index (χ4n) is 4.34. The standard InChI is InChI=1S/C18H31N5O3/c1-21-17(26)23(16(25)18(21)6-3-2-4-7-18)14-15(24)20-8-5-11-22-12-9-19-10-13-22/h19H,2-14H2,1H3,(H,20,24). The molecule has 0 aromatic rings. The Balaban J connectivity index is 1.44. The Hall–Kier alpha value is -1.67. The van der Waals surface area contributed by atoms with Crippen LogP contribution < -0.4 is 10.6 Å². The van der Waals surface area contributed by atoms with Crippen LogP contribution in [0, 0.1) is 0 Å². The smallest absolute Gasteiger partial charge is 0.327 e. The topological polar surface area (TPSA) is 85.0 Å². The van der Waals surface area contributed by atoms with E-state index in [-0.39, 0.29) is 24.4 Å². The summed E-state index contributed by atoms with van der Waals surface area (Å²) in [5.74, 6) is -0.450. The molecule has 3 rings (SSSR count). The molecular formula is C18H31N5O3. The molecule has 2 heterocycles. The van der Waals surface area contributed by atoms with Gasteiger partial charge in [-0.1, -0.05) is 19.3 Å². The molecule has 0 radical (unpaired) electrons. The van der Waals surface area contributed by atoms with Gasteiger partial charge in [0.25, 0.3) is 5.91 Å². The van der Waals surface area contributed by atoms with Gasteiger partial charge in [-0.2, -0.15) is 0 Å². The van der Waals surface area contributed by atoms with Gasteiger partial charge in [0.15, 0.2) is 0 Å². The van der Waals surface area contributed by atoms with Crippen molar-refractivity contribution < 1.29 is 14.4 Å². The first-order valence-corrected chi connectivity index (χ1v) is 9.84. The van der Waals surface area contributed by atoms with Crippen LogP contribution in [-0.4, -0.2) is 90.9 Å². The van der Waals surface area contributed by atoms with Gasteiger partial charge in [0.1, 0.15) is 12.1 Å². The molecule has 1 saturated carbocycles. The van der Waals surface area contributed by atoms with Crippen LogP contribution in [-0.2, 0) is 9.59 Å². The van der Waals surface area contributed by atoms with Gasteiger partial charge in [-0.15, -0.1) is 0 Å². The normalized spacial score (nSPS) is 23.7. The number of nitrogens with one attached hydrogen (secondary N) is 2. The fourth-order valence-corrected chi connectivity index (χ4v) is 4.34. The highest BCUT2D eigenvalue weighted by Gasteiger charge is 2.55. The number of urea groups is 1. The third-order valence-corrected chi connectivity index (χ3v) is 5.97. The highest BCUT2D eigenvalue weighted by Crippen LogP contribution is 2.39. The molecule has 0 bridgehead atoms. The number of rotatable bonds is 6. The maximum Gasteiger partial charge on any atom is 0.327 e. The van der Waals surface area contributed by atoms with E-state index in [2.05, 4.69) is 15.5 Å². The number of imide groups is 1. The summed E-state index contributed by atoms with van der Waals surface area (Å²) in [6.07, 6.45) is 5.29. The van der Waals surface area contributed by atoms with Crippen LogP contribution in [0.25, 0.3) is 0 Å². The van der Waals surface area contributed by atoms with Gasteiger partial charge in [-0.05, 0) is 25.8 Å². The zero-order chi connectivity index (χ0) is 18.6. The van der Waals surface area contributed by atoms with Crippen molar-refractivity contribution in [2.75, 3.05) is 52.9 Å². The zero-order valence-electron chi connectivity index (χ0n) is 15.8. The molecule has 0 atom stereocenters. The molecule has 0 aromatic carbocycles. The van der Waals surface area contributed by atoms with E-state index in [1.54, 1.807) is 11.9 Å². The number of amides is 4. The number of nitrogens with zero attached hydrogens (tertiary/aromatic N) is 3. The Labute approximate surface area is 155 Å². The number of piperazine rings is 1. The molecule has 4 amide bonds. The minimum absolute atomic E-state index is 0.169. The van der Waals surface area contributed by atoms with E-state index in [4.69, 9.17) is 0 Å². The Bertz CT molecular complexity index is 541. The van der Waals surface area contributed by atoms with Crippen LogP contribution in [0.3, 0.4) is 0 Å². The minimum atomic E-state index is -0.710. The third kappa shape index (κ3) is 3.86. The second-order valence-corrected chi connectivity index (χ2v) is 7.62. The van der Waals surface area contributed by atoms with Crippen molar-refractivity contribution in [1.82, 2.24) is 25.3 Å². The van der Waals surface area contributed by atoms with E-state index in [9.17, 15) is 14.4 Å². The van der Waals surface area contributed by atoms with E-state index in [1.165, 1.54) is 0 Å². The monoisotopic (exact) mass is 365 g/mol. The lowest BCUT2D eigenvalue weighted by molar-refractivity contribution is -0.137. The molecule has 8 nitrogen and oxygen atoms in total. The third-order valence-electron chi connectivity index (χ3n) is 5.97. The molecule has 146 valence electrons. The van der Waals surface area contributed by atoms with E-state index >= 15 is 0 Å². The molecule has 0 unspecified atom stereocenters. The SMILES string of the molecule is CN1C(=O)N(CC(=O)NCCCN2CCNCC2)C(=O)C12CCCCC2. The van der Waals surface area contributed by atoms with Gasteiger partial charge in [0.05, 0.1) is 0 Å². The second kappa shape index (κ2) is 8.35. The number of carbonyl (C=O) groups is 3. The lowest BCUT2D eigenvalue weighted by Crippen LogP contribution is -2.49. The molecule has 2 N–H and O–H groups in total. The van der Waals surface area contributed by atoms with Crippen LogP contribution >= 0.6 is 0 Å². The average Bonchev–Trinajstić information content (AvgIpc) is 2.83. The summed E-state index contributed by atoms with van der Waals surface area (Å²) in [7, 11) is 1.69. The van der Waals surface area contributed by atoms with Crippen molar-refractivity contribution in [3.05, 3.63) is 0 Å². The number of hydrogen-bond donors (Lipinski definition) is 2. The van der Waals surface area contributed by atoms with Crippen molar-refractivity contribution in [3.63, 3.8) is 0 Å². The minimum Gasteiger partial charge on any atom is -0.354 e. The quantitative estimate of drug-likeness (QED) is 0.511. The van der Waals surface area contributed by atoms with Crippen molar-refractivity contribution >= 4 is 17.8 Å². The average molecular weight is 365 g/mol. The summed E-state index contributed by atoms with van der Waals surface area (Å²) in [4.78, 5) is 42.6. The molecule has 8 heteroatoms. The molecule has 0 aromatic heterocycles. The summed E-state index contributed by atoms with van der Waals surface area (Å²) >= 11 is 0. The van der Waals surface area contributed by atoms with Gasteiger partial charge >= 0.3 is 6.03 Å². The first kappa shape index (κ1) is 19.1. The van der Waals surface area contributed by atoms with E-state index < -0.39 is 5.54 Å². The molecular weight excluding hydrogens is 334 g/mol. The number of carbonyl (C=O) groups excluding carboxylic acids is 3. The van der Waals surface area contributed by atoms with Crippen LogP contribution in [0.5, 0.6) is 0 Å². The van der Waals surface area contributed by atoms with Crippen molar-refractivity contribution in [2.24, 2.45) is 0 Å². The van der Waals surface area contributed by atoms with Gasteiger partial charge in [-0.25, -0.2) is 4.79 Å². The maximum absolute atomic E-state index is 12.8. The van der Waals surface area contributed by atoms with E-state index in [1.807, 2.05) is 0 Å². The Morgan fingerprint density at radius 1 is 1.15 bits per heavy atom. The summed E-state index contributed by atoms with van der Waals surface area (Å²) in [5, 5.41) is 6.17. The van der Waals surface area contributed by atoms with Gasteiger partial charge < -0.3 is 20.4 Å². The first-order chi connectivity index (χ1) is 12.5. The number of hydrogen-bond acceptors (Lipinski definition) is 5. The van der Waals surface area contributed by atoms with E-state index in [0.29, 0.717) is 19.4 Å². The molecule has 26 heavy (non-hydrogen) atoms. The maximum atomic E-state index is 12.8. The molecule has 2 aliphatic heterocycles. The Morgan fingerprint density at radius 3 is 2.54 bits per heavy atom. The predicted molar refractivity (Wildman–Crippen MR) is 97.6 cm³/mol. The van der Waals surface area contributed by atoms with Crippen molar-refractivity contribution in [3.8, 4) is 0 Å². The fraction of sp³-hybridized carbons (Fsp3) is 0.833. The van der Waals surface area contributed by atoms with Crippen molar-refractivity contribution in [1.29, 1.82) is 0 Å².